The number of hydrogen-bond acceptors (Lipinski definition) is 6. The molecule has 8 nitrogen and oxygen atoms in total. The molecule has 0 unspecified atom stereocenters. The number of esters is 2. The first kappa shape index (κ1) is 22.9. The molecule has 0 amide bonds. The van der Waals surface area contributed by atoms with E-state index in [9.17, 15) is 9.59 Å². The summed E-state index contributed by atoms with van der Waals surface area (Å²) < 4.78 is 9.72. The fraction of sp³-hybridized carbons (Fsp3) is 0.111. The van der Waals surface area contributed by atoms with Crippen LogP contribution in [0.25, 0.3) is 0 Å². The number of ether oxygens (including phenoxy) is 2. The van der Waals surface area contributed by atoms with Crippen LogP contribution < -0.4 is 0 Å². The van der Waals surface area contributed by atoms with Gasteiger partial charge in [0.1, 0.15) is 13.2 Å². The highest BCUT2D eigenvalue weighted by molar-refractivity contribution is 6.31. The second-order valence-electron chi connectivity index (χ2n) is 5.02. The van der Waals surface area contributed by atoms with Gasteiger partial charge < -0.3 is 19.7 Å². The molecule has 0 fully saturated rings. The summed E-state index contributed by atoms with van der Waals surface area (Å²) in [4.78, 5) is 41.2. The highest BCUT2D eigenvalue weighted by Gasteiger charge is 2.17. The third-order valence-corrected chi connectivity index (χ3v) is 3.42. The maximum absolute atomic E-state index is 11.5. The summed E-state index contributed by atoms with van der Waals surface area (Å²) in [5.41, 5.74) is 1.45. The lowest BCUT2D eigenvalue weighted by Crippen LogP contribution is -2.20. The molecule has 0 bridgehead atoms. The molecule has 2 aromatic rings. The summed E-state index contributed by atoms with van der Waals surface area (Å²) in [6, 6.07) is 13.5. The average molecular weight is 429 g/mol. The van der Waals surface area contributed by atoms with Crippen LogP contribution in [0.3, 0.4) is 0 Å². The van der Waals surface area contributed by atoms with E-state index in [-0.39, 0.29) is 13.2 Å². The summed E-state index contributed by atoms with van der Waals surface area (Å²) in [6.07, 6.45) is 0. The molecule has 28 heavy (non-hydrogen) atoms. The number of carbonyl (C=O) groups is 4. The van der Waals surface area contributed by atoms with Gasteiger partial charge in [0.05, 0.1) is 0 Å². The van der Waals surface area contributed by atoms with Gasteiger partial charge in [0.25, 0.3) is 0 Å². The lowest BCUT2D eigenvalue weighted by Gasteiger charge is -2.06. The van der Waals surface area contributed by atoms with Gasteiger partial charge in [0.2, 0.25) is 0 Å². The SMILES string of the molecule is O=C(O)C(=O)O.O=C(OCc1ccc(Cl)cc1)C(=O)OCc1ccc(Cl)cc1. The maximum atomic E-state index is 11.5. The van der Waals surface area contributed by atoms with Crippen molar-refractivity contribution in [2.45, 2.75) is 13.2 Å². The summed E-state index contributed by atoms with van der Waals surface area (Å²) in [7, 11) is 0. The standard InChI is InChI=1S/C16H12Cl2O4.C2H2O4/c17-13-5-1-11(2-6-13)9-21-15(19)16(20)22-10-12-3-7-14(18)8-4-12;3-1(4)2(5)6/h1-8H,9-10H2;(H,3,4)(H,5,6). The predicted molar refractivity (Wildman–Crippen MR) is 97.8 cm³/mol. The number of carboxylic acid groups (broad SMARTS) is 2. The Morgan fingerprint density at radius 3 is 1.18 bits per heavy atom. The Hall–Kier alpha value is -3.10. The first-order chi connectivity index (χ1) is 13.2. The van der Waals surface area contributed by atoms with E-state index in [1.54, 1.807) is 48.5 Å². The van der Waals surface area contributed by atoms with Crippen molar-refractivity contribution < 1.29 is 38.9 Å². The Balaban J connectivity index is 0.000000568. The van der Waals surface area contributed by atoms with E-state index in [1.165, 1.54) is 0 Å². The van der Waals surface area contributed by atoms with Crippen LogP contribution >= 0.6 is 23.2 Å². The summed E-state index contributed by atoms with van der Waals surface area (Å²) >= 11 is 11.5. The van der Waals surface area contributed by atoms with Crippen molar-refractivity contribution in [2.75, 3.05) is 0 Å². The predicted octanol–water partition coefficient (Wildman–Crippen LogP) is 2.94. The molecule has 0 aromatic heterocycles. The zero-order chi connectivity index (χ0) is 21.1. The largest absolute Gasteiger partial charge is 0.473 e. The third-order valence-electron chi connectivity index (χ3n) is 2.92. The van der Waals surface area contributed by atoms with E-state index in [0.29, 0.717) is 10.0 Å². The van der Waals surface area contributed by atoms with Crippen LogP contribution in [0, 0.1) is 0 Å². The topological polar surface area (TPSA) is 127 Å². The minimum absolute atomic E-state index is 0.0218. The number of halogens is 2. The van der Waals surface area contributed by atoms with Crippen molar-refractivity contribution in [3.63, 3.8) is 0 Å². The first-order valence-corrected chi connectivity index (χ1v) is 8.23. The molecule has 0 aliphatic carbocycles. The Bertz CT molecular complexity index is 760. The zero-order valence-corrected chi connectivity index (χ0v) is 15.6. The molecule has 148 valence electrons. The highest BCUT2D eigenvalue weighted by atomic mass is 35.5. The highest BCUT2D eigenvalue weighted by Crippen LogP contribution is 2.11. The van der Waals surface area contributed by atoms with Gasteiger partial charge in [-0.25, -0.2) is 19.2 Å². The summed E-state index contributed by atoms with van der Waals surface area (Å²) in [5.74, 6) is -5.72. The van der Waals surface area contributed by atoms with Gasteiger partial charge in [0, 0.05) is 10.0 Å². The fourth-order valence-corrected chi connectivity index (χ4v) is 1.83. The molecule has 10 heteroatoms. The molecular formula is C18H14Cl2O8. The van der Waals surface area contributed by atoms with Gasteiger partial charge in [-0.3, -0.25) is 0 Å². The van der Waals surface area contributed by atoms with Crippen LogP contribution in [0.5, 0.6) is 0 Å². The first-order valence-electron chi connectivity index (χ1n) is 7.48. The molecule has 2 aromatic carbocycles. The van der Waals surface area contributed by atoms with Crippen molar-refractivity contribution in [1.29, 1.82) is 0 Å². The zero-order valence-electron chi connectivity index (χ0n) is 14.1. The Kier molecular flexibility index (Phi) is 9.49. The van der Waals surface area contributed by atoms with Gasteiger partial charge in [-0.1, -0.05) is 47.5 Å². The smallest absolute Gasteiger partial charge is 0.417 e. The lowest BCUT2D eigenvalue weighted by atomic mass is 10.2. The summed E-state index contributed by atoms with van der Waals surface area (Å²) in [5, 5.41) is 15.9. The van der Waals surface area contributed by atoms with Gasteiger partial charge in [-0.05, 0) is 35.4 Å². The van der Waals surface area contributed by atoms with Crippen molar-refractivity contribution >= 4 is 47.1 Å². The Morgan fingerprint density at radius 2 is 0.929 bits per heavy atom. The number of hydrogen-bond donors (Lipinski definition) is 2. The molecule has 0 heterocycles. The van der Waals surface area contributed by atoms with Gasteiger partial charge in [0.15, 0.2) is 0 Å². The number of carboxylic acids is 2. The molecule has 0 saturated carbocycles. The molecule has 0 atom stereocenters. The summed E-state index contributed by atoms with van der Waals surface area (Å²) in [6.45, 7) is -0.0436. The monoisotopic (exact) mass is 428 g/mol. The number of carbonyl (C=O) groups excluding carboxylic acids is 2. The molecule has 0 spiro atoms. The van der Waals surface area contributed by atoms with E-state index < -0.39 is 23.9 Å². The van der Waals surface area contributed by atoms with Crippen molar-refractivity contribution in [3.8, 4) is 0 Å². The van der Waals surface area contributed by atoms with Gasteiger partial charge in [-0.15, -0.1) is 0 Å². The Morgan fingerprint density at radius 1 is 0.643 bits per heavy atom. The van der Waals surface area contributed by atoms with E-state index in [4.69, 9.17) is 52.5 Å². The third kappa shape index (κ3) is 9.02. The van der Waals surface area contributed by atoms with Crippen molar-refractivity contribution in [3.05, 3.63) is 69.7 Å². The molecule has 2 rings (SSSR count). The van der Waals surface area contributed by atoms with Crippen molar-refractivity contribution in [1.82, 2.24) is 0 Å². The van der Waals surface area contributed by atoms with E-state index in [1.807, 2.05) is 0 Å². The van der Waals surface area contributed by atoms with Gasteiger partial charge >= 0.3 is 23.9 Å². The number of aliphatic carboxylic acids is 2. The lowest BCUT2D eigenvalue weighted by molar-refractivity contribution is -0.169. The minimum Gasteiger partial charge on any atom is -0.473 e. The quantitative estimate of drug-likeness (QED) is 0.561. The van der Waals surface area contributed by atoms with E-state index in [2.05, 4.69) is 0 Å². The van der Waals surface area contributed by atoms with E-state index >= 15 is 0 Å². The molecular weight excluding hydrogens is 415 g/mol. The van der Waals surface area contributed by atoms with Crippen LogP contribution in [0.15, 0.2) is 48.5 Å². The van der Waals surface area contributed by atoms with Crippen LogP contribution in [0.1, 0.15) is 11.1 Å². The van der Waals surface area contributed by atoms with Gasteiger partial charge in [-0.2, -0.15) is 0 Å². The van der Waals surface area contributed by atoms with Crippen LogP contribution in [-0.4, -0.2) is 34.1 Å². The van der Waals surface area contributed by atoms with E-state index in [0.717, 1.165) is 11.1 Å². The minimum atomic E-state index is -1.82. The average Bonchev–Trinajstić information content (AvgIpc) is 2.67. The molecule has 0 aliphatic heterocycles. The molecule has 0 saturated heterocycles. The number of rotatable bonds is 4. The molecule has 0 aliphatic rings. The second kappa shape index (κ2) is 11.6. The fourth-order valence-electron chi connectivity index (χ4n) is 1.58. The molecule has 2 N–H and O–H groups in total. The molecule has 0 radical (unpaired) electrons. The maximum Gasteiger partial charge on any atom is 0.417 e. The van der Waals surface area contributed by atoms with Crippen LogP contribution in [0.2, 0.25) is 10.0 Å². The normalized spacial score (nSPS) is 9.50. The van der Waals surface area contributed by atoms with Crippen molar-refractivity contribution in [2.24, 2.45) is 0 Å². The number of benzene rings is 2. The Labute approximate surface area is 169 Å². The van der Waals surface area contributed by atoms with Crippen LogP contribution in [-0.2, 0) is 41.9 Å². The second-order valence-corrected chi connectivity index (χ2v) is 5.89. The van der Waals surface area contributed by atoms with Crippen LogP contribution in [0.4, 0.5) is 0 Å².